The molecule has 1 fully saturated rings. The van der Waals surface area contributed by atoms with Crippen molar-refractivity contribution in [2.24, 2.45) is 10.4 Å². The van der Waals surface area contributed by atoms with Gasteiger partial charge in [-0.25, -0.2) is 0 Å². The monoisotopic (exact) mass is 341 g/mol. The molecule has 0 heterocycles. The standard InChI is InChI=1S/C22H31NO2/c1-4-5-6-7-11-14-23-18-15-22(2,3)16-19(24)20(18)21(25)17-12-9-8-10-13-17/h8-10,12-13,25H,4-7,11,14-16H2,1-3H3. The molecule has 3 nitrogen and oxygen atoms in total. The molecule has 0 spiro atoms. The second-order valence-electron chi connectivity index (χ2n) is 7.77. The molecule has 0 atom stereocenters. The number of hydrogen-bond acceptors (Lipinski definition) is 3. The molecule has 1 aliphatic carbocycles. The molecule has 0 unspecified atom stereocenters. The van der Waals surface area contributed by atoms with Crippen LogP contribution in [0.2, 0.25) is 0 Å². The zero-order valence-electron chi connectivity index (χ0n) is 15.8. The van der Waals surface area contributed by atoms with E-state index in [2.05, 4.69) is 20.8 Å². The Morgan fingerprint density at radius 1 is 1.08 bits per heavy atom. The Morgan fingerprint density at radius 3 is 2.44 bits per heavy atom. The van der Waals surface area contributed by atoms with E-state index in [1.54, 1.807) is 0 Å². The van der Waals surface area contributed by atoms with Crippen LogP contribution in [-0.4, -0.2) is 23.1 Å². The summed E-state index contributed by atoms with van der Waals surface area (Å²) in [5.74, 6) is 0.0770. The highest BCUT2D eigenvalue weighted by atomic mass is 16.3. The molecule has 0 aliphatic heterocycles. The van der Waals surface area contributed by atoms with Crippen molar-refractivity contribution in [3.05, 3.63) is 41.5 Å². The van der Waals surface area contributed by atoms with E-state index >= 15 is 0 Å². The zero-order valence-corrected chi connectivity index (χ0v) is 15.8. The maximum absolute atomic E-state index is 12.7. The summed E-state index contributed by atoms with van der Waals surface area (Å²) in [5.41, 5.74) is 1.79. The van der Waals surface area contributed by atoms with Gasteiger partial charge in [0.2, 0.25) is 0 Å². The molecule has 25 heavy (non-hydrogen) atoms. The number of aliphatic hydroxyl groups is 1. The van der Waals surface area contributed by atoms with Crippen molar-refractivity contribution >= 4 is 17.3 Å². The summed E-state index contributed by atoms with van der Waals surface area (Å²) in [7, 11) is 0. The fraction of sp³-hybridized carbons (Fsp3) is 0.545. The van der Waals surface area contributed by atoms with Crippen molar-refractivity contribution in [2.75, 3.05) is 6.54 Å². The van der Waals surface area contributed by atoms with E-state index in [0.29, 0.717) is 17.6 Å². The Kier molecular flexibility index (Phi) is 6.98. The summed E-state index contributed by atoms with van der Waals surface area (Å²) in [6.07, 6.45) is 7.14. The molecule has 0 amide bonds. The maximum atomic E-state index is 12.7. The van der Waals surface area contributed by atoms with Crippen molar-refractivity contribution < 1.29 is 9.90 Å². The number of nitrogens with zero attached hydrogens (tertiary/aromatic N) is 1. The van der Waals surface area contributed by atoms with Crippen LogP contribution in [-0.2, 0) is 4.79 Å². The summed E-state index contributed by atoms with van der Waals surface area (Å²) >= 11 is 0. The number of benzene rings is 1. The molecule has 1 aliphatic rings. The molecule has 136 valence electrons. The molecule has 1 aromatic carbocycles. The van der Waals surface area contributed by atoms with Crippen LogP contribution in [0, 0.1) is 5.41 Å². The number of aliphatic imine (C=N–C) groups is 1. The summed E-state index contributed by atoms with van der Waals surface area (Å²) < 4.78 is 0. The van der Waals surface area contributed by atoms with E-state index in [1.165, 1.54) is 25.7 Å². The Labute approximate surface area is 151 Å². The van der Waals surface area contributed by atoms with Gasteiger partial charge in [0.15, 0.2) is 5.78 Å². The first kappa shape index (κ1) is 19.4. The first-order valence-electron chi connectivity index (χ1n) is 9.50. The fourth-order valence-corrected chi connectivity index (χ4v) is 3.36. The maximum Gasteiger partial charge on any atom is 0.168 e. The van der Waals surface area contributed by atoms with Crippen LogP contribution in [0.15, 0.2) is 40.9 Å². The molecular formula is C22H31NO2. The van der Waals surface area contributed by atoms with E-state index in [-0.39, 0.29) is 17.0 Å². The van der Waals surface area contributed by atoms with Crippen LogP contribution in [0.25, 0.3) is 5.76 Å². The van der Waals surface area contributed by atoms with E-state index in [1.807, 2.05) is 30.3 Å². The first-order valence-corrected chi connectivity index (χ1v) is 9.50. The summed E-state index contributed by atoms with van der Waals surface area (Å²) in [6.45, 7) is 7.13. The van der Waals surface area contributed by atoms with Gasteiger partial charge in [-0.1, -0.05) is 76.8 Å². The third-order valence-corrected chi connectivity index (χ3v) is 4.70. The van der Waals surface area contributed by atoms with Crippen LogP contribution in [0.5, 0.6) is 0 Å². The summed E-state index contributed by atoms with van der Waals surface area (Å²) in [5, 5.41) is 10.7. The molecule has 1 N–H and O–H groups in total. The number of ketones is 1. The number of carbonyl (C=O) groups excluding carboxylic acids is 1. The third kappa shape index (κ3) is 5.55. The van der Waals surface area contributed by atoms with Gasteiger partial charge in [-0.15, -0.1) is 0 Å². The molecule has 3 heteroatoms. The van der Waals surface area contributed by atoms with E-state index in [0.717, 1.165) is 25.1 Å². The minimum atomic E-state index is -0.0986. The Balaban J connectivity index is 2.23. The predicted octanol–water partition coefficient (Wildman–Crippen LogP) is 5.76. The van der Waals surface area contributed by atoms with Gasteiger partial charge in [-0.2, -0.15) is 0 Å². The van der Waals surface area contributed by atoms with Gasteiger partial charge < -0.3 is 5.11 Å². The Morgan fingerprint density at radius 2 is 1.76 bits per heavy atom. The van der Waals surface area contributed by atoms with Gasteiger partial charge in [0.25, 0.3) is 0 Å². The number of aliphatic hydroxyl groups excluding tert-OH is 1. The van der Waals surface area contributed by atoms with Gasteiger partial charge in [0, 0.05) is 24.2 Å². The smallest absolute Gasteiger partial charge is 0.168 e. The lowest BCUT2D eigenvalue weighted by Gasteiger charge is -2.31. The number of Topliss-reactive ketones (excluding diaryl/α,β-unsaturated/α-hetero) is 1. The molecule has 0 radical (unpaired) electrons. The Bertz CT molecular complexity index is 641. The van der Waals surface area contributed by atoms with E-state index in [4.69, 9.17) is 4.99 Å². The minimum absolute atomic E-state index is 0.00216. The van der Waals surface area contributed by atoms with E-state index in [9.17, 15) is 9.90 Å². The van der Waals surface area contributed by atoms with Gasteiger partial charge in [0.05, 0.1) is 5.57 Å². The lowest BCUT2D eigenvalue weighted by molar-refractivity contribution is -0.117. The van der Waals surface area contributed by atoms with Crippen LogP contribution >= 0.6 is 0 Å². The van der Waals surface area contributed by atoms with Crippen LogP contribution < -0.4 is 0 Å². The van der Waals surface area contributed by atoms with Gasteiger partial charge in [-0.3, -0.25) is 9.79 Å². The van der Waals surface area contributed by atoms with Gasteiger partial charge in [0.1, 0.15) is 5.76 Å². The number of unbranched alkanes of at least 4 members (excludes halogenated alkanes) is 4. The fourth-order valence-electron chi connectivity index (χ4n) is 3.36. The number of carbonyl (C=O) groups is 1. The minimum Gasteiger partial charge on any atom is -0.506 e. The van der Waals surface area contributed by atoms with Crippen molar-refractivity contribution in [1.29, 1.82) is 0 Å². The second-order valence-corrected chi connectivity index (χ2v) is 7.77. The predicted molar refractivity (Wildman–Crippen MR) is 105 cm³/mol. The lowest BCUT2D eigenvalue weighted by atomic mass is 9.73. The van der Waals surface area contributed by atoms with Crippen LogP contribution in [0.3, 0.4) is 0 Å². The molecule has 2 rings (SSSR count). The molecule has 0 saturated heterocycles. The number of hydrogen-bond donors (Lipinski definition) is 1. The SMILES string of the molecule is CCCCCCCN=C1CC(C)(C)CC(=O)C1=C(O)c1ccccc1. The topological polar surface area (TPSA) is 49.7 Å². The quantitative estimate of drug-likeness (QED) is 0.389. The number of rotatable bonds is 7. The van der Waals surface area contributed by atoms with Crippen LogP contribution in [0.1, 0.15) is 71.3 Å². The average Bonchev–Trinajstić information content (AvgIpc) is 2.57. The molecule has 0 bridgehead atoms. The van der Waals surface area contributed by atoms with Gasteiger partial charge in [-0.05, 0) is 18.3 Å². The van der Waals surface area contributed by atoms with Crippen molar-refractivity contribution in [3.8, 4) is 0 Å². The third-order valence-electron chi connectivity index (χ3n) is 4.70. The normalized spacial score (nSPS) is 20.8. The number of allylic oxidation sites excluding steroid dienone is 1. The summed E-state index contributed by atoms with van der Waals surface area (Å²) in [4.78, 5) is 17.4. The van der Waals surface area contributed by atoms with Crippen LogP contribution in [0.4, 0.5) is 0 Å². The molecule has 1 saturated carbocycles. The van der Waals surface area contributed by atoms with Crippen molar-refractivity contribution in [2.45, 2.75) is 65.7 Å². The highest BCUT2D eigenvalue weighted by Crippen LogP contribution is 2.36. The zero-order chi connectivity index (χ0) is 18.3. The summed E-state index contributed by atoms with van der Waals surface area (Å²) in [6, 6.07) is 9.30. The van der Waals surface area contributed by atoms with Gasteiger partial charge >= 0.3 is 0 Å². The molecule has 0 aromatic heterocycles. The second kappa shape index (κ2) is 8.98. The highest BCUT2D eigenvalue weighted by Gasteiger charge is 2.36. The largest absolute Gasteiger partial charge is 0.506 e. The highest BCUT2D eigenvalue weighted by molar-refractivity contribution is 6.28. The van der Waals surface area contributed by atoms with Crippen molar-refractivity contribution in [1.82, 2.24) is 0 Å². The molecular weight excluding hydrogens is 310 g/mol. The first-order chi connectivity index (χ1) is 11.9. The van der Waals surface area contributed by atoms with Crippen molar-refractivity contribution in [3.63, 3.8) is 0 Å². The van der Waals surface area contributed by atoms with E-state index < -0.39 is 0 Å². The Hall–Kier alpha value is -1.90. The lowest BCUT2D eigenvalue weighted by Crippen LogP contribution is -2.32. The molecule has 1 aromatic rings. The average molecular weight is 341 g/mol.